The highest BCUT2D eigenvalue weighted by molar-refractivity contribution is 7.89. The standard InChI is InChI=1S/C17H21NO3S.C7H6F2O/c1-5-18-10-15(8-13(3)17(18)19)16-9-14(7-6-12(16)2)11-22(4,20)21;1-10-7-3-2-5(8)4-6(7)9/h6-10H,5,11H2,1-4H3;2-4H,1H3. The van der Waals surface area contributed by atoms with E-state index in [1.165, 1.54) is 19.4 Å². The molecular weight excluding hydrogens is 436 g/mol. The third-order valence-corrected chi connectivity index (χ3v) is 5.62. The molecule has 0 bridgehead atoms. The van der Waals surface area contributed by atoms with Crippen molar-refractivity contribution in [1.29, 1.82) is 0 Å². The quantitative estimate of drug-likeness (QED) is 0.552. The summed E-state index contributed by atoms with van der Waals surface area (Å²) in [6, 6.07) is 10.7. The van der Waals surface area contributed by atoms with Crippen molar-refractivity contribution in [3.05, 3.63) is 87.3 Å². The largest absolute Gasteiger partial charge is 0.494 e. The number of halogens is 2. The highest BCUT2D eigenvalue weighted by atomic mass is 32.2. The lowest BCUT2D eigenvalue weighted by Crippen LogP contribution is -2.20. The van der Waals surface area contributed by atoms with Crippen LogP contribution in [0, 0.1) is 25.5 Å². The molecule has 0 fully saturated rings. The van der Waals surface area contributed by atoms with E-state index in [1.54, 1.807) is 11.5 Å². The van der Waals surface area contributed by atoms with E-state index in [-0.39, 0.29) is 17.1 Å². The van der Waals surface area contributed by atoms with E-state index < -0.39 is 21.5 Å². The highest BCUT2D eigenvalue weighted by Crippen LogP contribution is 2.25. The molecule has 1 aromatic heterocycles. The Morgan fingerprint density at radius 3 is 2.25 bits per heavy atom. The van der Waals surface area contributed by atoms with Gasteiger partial charge in [0.15, 0.2) is 21.4 Å². The van der Waals surface area contributed by atoms with Gasteiger partial charge in [-0.25, -0.2) is 17.2 Å². The average Bonchev–Trinajstić information content (AvgIpc) is 2.71. The first-order valence-corrected chi connectivity index (χ1v) is 12.0. The molecule has 0 aliphatic carbocycles. The molecule has 0 radical (unpaired) electrons. The number of pyridine rings is 1. The van der Waals surface area contributed by atoms with Gasteiger partial charge in [0.25, 0.3) is 5.56 Å². The maximum absolute atomic E-state index is 12.5. The third-order valence-electron chi connectivity index (χ3n) is 4.76. The Bertz CT molecular complexity index is 1270. The molecular formula is C24H27F2NO4S. The molecule has 0 aliphatic heterocycles. The summed E-state index contributed by atoms with van der Waals surface area (Å²) in [7, 11) is -1.74. The summed E-state index contributed by atoms with van der Waals surface area (Å²) in [4.78, 5) is 12.0. The van der Waals surface area contributed by atoms with Crippen LogP contribution in [0.1, 0.15) is 23.6 Å². The number of benzene rings is 2. The number of sulfone groups is 1. The van der Waals surface area contributed by atoms with Gasteiger partial charge in [0.05, 0.1) is 12.9 Å². The van der Waals surface area contributed by atoms with Crippen molar-refractivity contribution in [3.8, 4) is 16.9 Å². The number of nitrogens with zero attached hydrogens (tertiary/aromatic N) is 1. The molecule has 2 aromatic carbocycles. The smallest absolute Gasteiger partial charge is 0.253 e. The number of aromatic nitrogens is 1. The van der Waals surface area contributed by atoms with Crippen molar-refractivity contribution < 1.29 is 21.9 Å². The zero-order valence-electron chi connectivity index (χ0n) is 18.8. The molecule has 0 unspecified atom stereocenters. The normalized spacial score (nSPS) is 11.0. The first-order valence-electron chi connectivity index (χ1n) is 9.93. The molecule has 3 rings (SSSR count). The summed E-state index contributed by atoms with van der Waals surface area (Å²) in [6.07, 6.45) is 3.07. The minimum Gasteiger partial charge on any atom is -0.494 e. The zero-order valence-corrected chi connectivity index (χ0v) is 19.6. The van der Waals surface area contributed by atoms with Gasteiger partial charge < -0.3 is 9.30 Å². The molecule has 0 N–H and O–H groups in total. The fourth-order valence-electron chi connectivity index (χ4n) is 3.18. The van der Waals surface area contributed by atoms with Crippen LogP contribution in [0.3, 0.4) is 0 Å². The lowest BCUT2D eigenvalue weighted by atomic mass is 9.99. The van der Waals surface area contributed by atoms with Gasteiger partial charge in [-0.3, -0.25) is 4.79 Å². The van der Waals surface area contributed by atoms with Crippen LogP contribution in [-0.4, -0.2) is 26.4 Å². The predicted molar refractivity (Wildman–Crippen MR) is 123 cm³/mol. The van der Waals surface area contributed by atoms with E-state index in [1.807, 2.05) is 44.3 Å². The third kappa shape index (κ3) is 6.75. The Morgan fingerprint density at radius 1 is 1.00 bits per heavy atom. The molecule has 0 saturated heterocycles. The van der Waals surface area contributed by atoms with Gasteiger partial charge in [-0.05, 0) is 67.3 Å². The van der Waals surface area contributed by atoms with E-state index in [4.69, 9.17) is 0 Å². The van der Waals surface area contributed by atoms with Gasteiger partial charge in [0, 0.05) is 30.6 Å². The Morgan fingerprint density at radius 2 is 1.69 bits per heavy atom. The SMILES string of the molecule is CCn1cc(-c2cc(CS(C)(=O)=O)ccc2C)cc(C)c1=O.COc1ccc(F)cc1F. The molecule has 0 aliphatic rings. The van der Waals surface area contributed by atoms with Gasteiger partial charge in [-0.15, -0.1) is 0 Å². The van der Waals surface area contributed by atoms with Gasteiger partial charge in [-0.2, -0.15) is 0 Å². The highest BCUT2D eigenvalue weighted by Gasteiger charge is 2.10. The van der Waals surface area contributed by atoms with Crippen molar-refractivity contribution in [3.63, 3.8) is 0 Å². The molecule has 8 heteroatoms. The molecule has 0 amide bonds. The molecule has 0 spiro atoms. The summed E-state index contributed by atoms with van der Waals surface area (Å²) in [5.74, 6) is -1.20. The zero-order chi connectivity index (χ0) is 24.1. The summed E-state index contributed by atoms with van der Waals surface area (Å²) >= 11 is 0. The number of hydrogen-bond donors (Lipinski definition) is 0. The molecule has 0 atom stereocenters. The van der Waals surface area contributed by atoms with Crippen molar-refractivity contribution >= 4 is 9.84 Å². The summed E-state index contributed by atoms with van der Waals surface area (Å²) in [5.41, 5.74) is 4.41. The topological polar surface area (TPSA) is 65.4 Å². The van der Waals surface area contributed by atoms with Crippen LogP contribution in [0.2, 0.25) is 0 Å². The first kappa shape index (κ1) is 25.3. The number of aryl methyl sites for hydroxylation is 3. The number of hydrogen-bond acceptors (Lipinski definition) is 4. The van der Waals surface area contributed by atoms with Gasteiger partial charge in [0.2, 0.25) is 0 Å². The van der Waals surface area contributed by atoms with E-state index in [9.17, 15) is 22.0 Å². The van der Waals surface area contributed by atoms with Crippen LogP contribution < -0.4 is 10.3 Å². The fraction of sp³-hybridized carbons (Fsp3) is 0.292. The molecule has 0 saturated carbocycles. The summed E-state index contributed by atoms with van der Waals surface area (Å²) in [5, 5.41) is 0. The fourth-order valence-corrected chi connectivity index (χ4v) is 3.97. The van der Waals surface area contributed by atoms with E-state index in [0.717, 1.165) is 34.4 Å². The van der Waals surface area contributed by atoms with Gasteiger partial charge >= 0.3 is 0 Å². The van der Waals surface area contributed by atoms with Crippen LogP contribution in [0.15, 0.2) is 53.5 Å². The molecule has 32 heavy (non-hydrogen) atoms. The van der Waals surface area contributed by atoms with E-state index >= 15 is 0 Å². The average molecular weight is 464 g/mol. The Hall–Kier alpha value is -3.00. The van der Waals surface area contributed by atoms with Crippen LogP contribution >= 0.6 is 0 Å². The second-order valence-electron chi connectivity index (χ2n) is 7.50. The van der Waals surface area contributed by atoms with E-state index in [2.05, 4.69) is 4.74 Å². The Labute approximate surface area is 187 Å². The maximum Gasteiger partial charge on any atom is 0.253 e. The Kier molecular flexibility index (Phi) is 8.32. The van der Waals surface area contributed by atoms with Crippen molar-refractivity contribution in [2.45, 2.75) is 33.1 Å². The number of rotatable bonds is 5. The van der Waals surface area contributed by atoms with Crippen LogP contribution in [0.4, 0.5) is 8.78 Å². The summed E-state index contributed by atoms with van der Waals surface area (Å²) in [6.45, 7) is 6.32. The van der Waals surface area contributed by atoms with E-state index in [0.29, 0.717) is 12.1 Å². The Balaban J connectivity index is 0.000000303. The monoisotopic (exact) mass is 463 g/mol. The van der Waals surface area contributed by atoms with Gasteiger partial charge in [-0.1, -0.05) is 12.1 Å². The number of ether oxygens (including phenoxy) is 1. The predicted octanol–water partition coefficient (Wildman–Crippen LogP) is 4.67. The van der Waals surface area contributed by atoms with Crippen molar-refractivity contribution in [2.75, 3.05) is 13.4 Å². The van der Waals surface area contributed by atoms with Crippen LogP contribution in [0.25, 0.3) is 11.1 Å². The molecule has 3 aromatic rings. The van der Waals surface area contributed by atoms with Gasteiger partial charge in [0.1, 0.15) is 5.82 Å². The molecule has 1 heterocycles. The van der Waals surface area contributed by atoms with Crippen molar-refractivity contribution in [1.82, 2.24) is 4.57 Å². The lowest BCUT2D eigenvalue weighted by Gasteiger charge is -2.12. The minimum atomic E-state index is -3.07. The lowest BCUT2D eigenvalue weighted by molar-refractivity contribution is 0.384. The van der Waals surface area contributed by atoms with Crippen LogP contribution in [0.5, 0.6) is 5.75 Å². The van der Waals surface area contributed by atoms with Crippen LogP contribution in [-0.2, 0) is 22.1 Å². The molecule has 5 nitrogen and oxygen atoms in total. The second kappa shape index (κ2) is 10.5. The summed E-state index contributed by atoms with van der Waals surface area (Å²) < 4.78 is 53.9. The first-order chi connectivity index (χ1) is 14.9. The molecule has 172 valence electrons. The van der Waals surface area contributed by atoms with Crippen molar-refractivity contribution in [2.24, 2.45) is 0 Å². The maximum atomic E-state index is 12.5. The number of methoxy groups -OCH3 is 1. The minimum absolute atomic E-state index is 0.0104. The second-order valence-corrected chi connectivity index (χ2v) is 9.64.